The number of hydrogen-bond acceptors (Lipinski definition) is 5. The van der Waals surface area contributed by atoms with Crippen molar-refractivity contribution in [1.82, 2.24) is 9.88 Å². The maximum atomic E-state index is 9.54. The number of anilines is 1. The molecule has 0 radical (unpaired) electrons. The van der Waals surface area contributed by atoms with E-state index in [-0.39, 0.29) is 12.2 Å². The van der Waals surface area contributed by atoms with Crippen molar-refractivity contribution in [3.63, 3.8) is 0 Å². The van der Waals surface area contributed by atoms with E-state index in [9.17, 15) is 5.26 Å². The summed E-state index contributed by atoms with van der Waals surface area (Å²) in [4.78, 5) is 9.63. The Bertz CT molecular complexity index is 1120. The molecule has 3 atom stereocenters. The molecule has 5 rings (SSSR count). The summed E-state index contributed by atoms with van der Waals surface area (Å²) in [5.74, 6) is 0. The number of aryl methyl sites for hydroxylation is 1. The van der Waals surface area contributed by atoms with E-state index in [1.165, 1.54) is 18.4 Å². The lowest BCUT2D eigenvalue weighted by Gasteiger charge is -2.44. The van der Waals surface area contributed by atoms with Gasteiger partial charge in [0.15, 0.2) is 0 Å². The van der Waals surface area contributed by atoms with Gasteiger partial charge in [-0.25, -0.2) is 0 Å². The number of likely N-dealkylation sites (tertiary alicyclic amines) is 1. The number of morpholine rings is 1. The molecule has 2 aromatic carbocycles. The number of benzene rings is 2. The van der Waals surface area contributed by atoms with E-state index in [0.717, 1.165) is 55.6 Å². The van der Waals surface area contributed by atoms with Gasteiger partial charge in [-0.15, -0.1) is 0 Å². The fourth-order valence-electron chi connectivity index (χ4n) is 5.56. The highest BCUT2D eigenvalue weighted by Gasteiger charge is 2.36. The summed E-state index contributed by atoms with van der Waals surface area (Å²) in [6, 6.07) is 21.5. The number of rotatable bonds is 6. The quantitative estimate of drug-likeness (QED) is 0.551. The average molecular weight is 441 g/mol. The minimum Gasteiger partial charge on any atom is -0.370 e. The van der Waals surface area contributed by atoms with Crippen LogP contribution in [0.3, 0.4) is 0 Å². The molecule has 3 heterocycles. The maximum absolute atomic E-state index is 9.54. The molecule has 2 aliphatic heterocycles. The van der Waals surface area contributed by atoms with Gasteiger partial charge in [0, 0.05) is 36.4 Å². The first-order valence-electron chi connectivity index (χ1n) is 12.2. The number of ether oxygens (including phenoxy) is 1. The number of nitrogens with zero attached hydrogens (tertiary/aromatic N) is 4. The minimum atomic E-state index is 0.146. The molecule has 0 N–H and O–H groups in total. The molecule has 0 saturated carbocycles. The van der Waals surface area contributed by atoms with Crippen molar-refractivity contribution in [3.8, 4) is 6.07 Å². The Hall–Kier alpha value is -2.94. The zero-order valence-electron chi connectivity index (χ0n) is 19.4. The molecule has 0 amide bonds. The number of pyridine rings is 1. The molecular weight excluding hydrogens is 408 g/mol. The molecule has 33 heavy (non-hydrogen) atoms. The standard InChI is InChI=1S/C28H32N4O/c1-21-19-32(25-14-12-23(18-29)28-24(25)10-7-15-30-28)20-27(33-21)26(31-16-5-6-17-31)13-11-22-8-3-2-4-9-22/h2-4,7-10,12,14-15,21,26-27H,5-6,11,13,16-17,19-20H2,1H3/t21-,26-,27-/m1/s1. The lowest BCUT2D eigenvalue weighted by Crippen LogP contribution is -2.55. The van der Waals surface area contributed by atoms with Gasteiger partial charge in [0.2, 0.25) is 0 Å². The van der Waals surface area contributed by atoms with E-state index in [2.05, 4.69) is 70.2 Å². The topological polar surface area (TPSA) is 52.4 Å². The van der Waals surface area contributed by atoms with Gasteiger partial charge in [-0.3, -0.25) is 9.88 Å². The van der Waals surface area contributed by atoms with Crippen LogP contribution < -0.4 is 4.90 Å². The van der Waals surface area contributed by atoms with Crippen LogP contribution in [0.1, 0.15) is 37.3 Å². The van der Waals surface area contributed by atoms with Crippen molar-refractivity contribution in [2.45, 2.75) is 50.9 Å². The molecular formula is C28H32N4O. The number of fused-ring (bicyclic) bond motifs is 1. The molecule has 0 unspecified atom stereocenters. The van der Waals surface area contributed by atoms with Crippen LogP contribution in [0, 0.1) is 11.3 Å². The summed E-state index contributed by atoms with van der Waals surface area (Å²) in [5.41, 5.74) is 3.96. The smallest absolute Gasteiger partial charge is 0.101 e. The second kappa shape index (κ2) is 9.91. The Balaban J connectivity index is 1.42. The first-order valence-corrected chi connectivity index (χ1v) is 12.2. The van der Waals surface area contributed by atoms with E-state index in [4.69, 9.17) is 4.74 Å². The van der Waals surface area contributed by atoms with Gasteiger partial charge in [0.1, 0.15) is 6.07 Å². The van der Waals surface area contributed by atoms with Crippen LogP contribution in [0.2, 0.25) is 0 Å². The third-order valence-electron chi connectivity index (χ3n) is 7.10. The van der Waals surface area contributed by atoms with E-state index >= 15 is 0 Å². The predicted octanol–water partition coefficient (Wildman–Crippen LogP) is 4.80. The molecule has 0 aliphatic carbocycles. The molecule has 3 aromatic rings. The molecule has 5 nitrogen and oxygen atoms in total. The molecule has 2 saturated heterocycles. The summed E-state index contributed by atoms with van der Waals surface area (Å²) >= 11 is 0. The summed E-state index contributed by atoms with van der Waals surface area (Å²) in [7, 11) is 0. The summed E-state index contributed by atoms with van der Waals surface area (Å²) < 4.78 is 6.61. The highest BCUT2D eigenvalue weighted by Crippen LogP contribution is 2.32. The summed E-state index contributed by atoms with van der Waals surface area (Å²) in [6.45, 7) is 6.21. The maximum Gasteiger partial charge on any atom is 0.101 e. The molecule has 5 heteroatoms. The summed E-state index contributed by atoms with van der Waals surface area (Å²) in [5, 5.41) is 10.6. The Morgan fingerprint density at radius 3 is 2.67 bits per heavy atom. The van der Waals surface area contributed by atoms with E-state index < -0.39 is 0 Å². The van der Waals surface area contributed by atoms with Gasteiger partial charge in [-0.2, -0.15) is 5.26 Å². The molecule has 0 spiro atoms. The van der Waals surface area contributed by atoms with Gasteiger partial charge < -0.3 is 9.64 Å². The first-order chi connectivity index (χ1) is 16.2. The van der Waals surface area contributed by atoms with Gasteiger partial charge >= 0.3 is 0 Å². The Morgan fingerprint density at radius 1 is 1.06 bits per heavy atom. The van der Waals surface area contributed by atoms with Gasteiger partial charge in [0.05, 0.1) is 23.3 Å². The normalized spacial score (nSPS) is 22.4. The van der Waals surface area contributed by atoms with Crippen molar-refractivity contribution in [3.05, 3.63) is 71.9 Å². The monoisotopic (exact) mass is 440 g/mol. The molecule has 2 fully saturated rings. The first kappa shape index (κ1) is 21.9. The Labute approximate surface area is 196 Å². The summed E-state index contributed by atoms with van der Waals surface area (Å²) in [6.07, 6.45) is 6.79. The van der Waals surface area contributed by atoms with Crippen LogP contribution in [0.4, 0.5) is 5.69 Å². The Kier molecular flexibility index (Phi) is 6.57. The average Bonchev–Trinajstić information content (AvgIpc) is 3.38. The predicted molar refractivity (Wildman–Crippen MR) is 132 cm³/mol. The lowest BCUT2D eigenvalue weighted by molar-refractivity contribution is -0.0603. The molecule has 2 aliphatic rings. The second-order valence-corrected chi connectivity index (χ2v) is 9.37. The van der Waals surface area contributed by atoms with Crippen LogP contribution in [-0.2, 0) is 11.2 Å². The zero-order valence-corrected chi connectivity index (χ0v) is 19.4. The van der Waals surface area contributed by atoms with Crippen molar-refractivity contribution < 1.29 is 4.74 Å². The van der Waals surface area contributed by atoms with Crippen molar-refractivity contribution in [2.24, 2.45) is 0 Å². The lowest BCUT2D eigenvalue weighted by atomic mass is 9.97. The van der Waals surface area contributed by atoms with E-state index in [1.54, 1.807) is 6.20 Å². The van der Waals surface area contributed by atoms with Crippen molar-refractivity contribution >= 4 is 16.6 Å². The highest BCUT2D eigenvalue weighted by molar-refractivity contribution is 5.95. The molecule has 0 bridgehead atoms. The van der Waals surface area contributed by atoms with Gasteiger partial charge in [0.25, 0.3) is 0 Å². The SMILES string of the molecule is C[C@@H]1CN(c2ccc(C#N)c3ncccc23)C[C@H]([C@@H](CCc2ccccc2)N2CCCC2)O1. The number of hydrogen-bond donors (Lipinski definition) is 0. The third kappa shape index (κ3) is 4.73. The van der Waals surface area contributed by atoms with Crippen LogP contribution in [-0.4, -0.2) is 54.3 Å². The Morgan fingerprint density at radius 2 is 1.88 bits per heavy atom. The zero-order chi connectivity index (χ0) is 22.6. The number of nitriles is 1. The van der Waals surface area contributed by atoms with E-state index in [1.807, 2.05) is 12.1 Å². The van der Waals surface area contributed by atoms with Crippen LogP contribution >= 0.6 is 0 Å². The largest absolute Gasteiger partial charge is 0.370 e. The number of aromatic nitrogens is 1. The van der Waals surface area contributed by atoms with Crippen LogP contribution in [0.5, 0.6) is 0 Å². The fraction of sp³-hybridized carbons (Fsp3) is 0.429. The molecule has 170 valence electrons. The van der Waals surface area contributed by atoms with Crippen LogP contribution in [0.25, 0.3) is 10.9 Å². The third-order valence-corrected chi connectivity index (χ3v) is 7.10. The second-order valence-electron chi connectivity index (χ2n) is 9.37. The van der Waals surface area contributed by atoms with Crippen molar-refractivity contribution in [2.75, 3.05) is 31.1 Å². The minimum absolute atomic E-state index is 0.146. The van der Waals surface area contributed by atoms with Crippen LogP contribution in [0.15, 0.2) is 60.8 Å². The highest BCUT2D eigenvalue weighted by atomic mass is 16.5. The van der Waals surface area contributed by atoms with Crippen molar-refractivity contribution in [1.29, 1.82) is 5.26 Å². The van der Waals surface area contributed by atoms with E-state index in [0.29, 0.717) is 11.6 Å². The fourth-order valence-corrected chi connectivity index (χ4v) is 5.56. The van der Waals surface area contributed by atoms with Gasteiger partial charge in [-0.05, 0) is 75.5 Å². The molecule has 1 aromatic heterocycles. The van der Waals surface area contributed by atoms with Gasteiger partial charge in [-0.1, -0.05) is 30.3 Å².